The number of carbonyl (C=O) groups excluding carboxylic acids is 2. The summed E-state index contributed by atoms with van der Waals surface area (Å²) < 4.78 is 0. The maximum atomic E-state index is 11.7. The zero-order chi connectivity index (χ0) is 12.4. The second-order valence-electron chi connectivity index (χ2n) is 4.13. The molecule has 5 heteroatoms. The number of phenols is 1. The first kappa shape index (κ1) is 11.4. The number of rotatable bonds is 2. The van der Waals surface area contributed by atoms with Gasteiger partial charge in [-0.2, -0.15) is 0 Å². The van der Waals surface area contributed by atoms with Gasteiger partial charge in [-0.1, -0.05) is 0 Å². The highest BCUT2D eigenvalue weighted by atomic mass is 16.3. The molecule has 2 amide bonds. The first-order chi connectivity index (χ1) is 8.08. The zero-order valence-electron chi connectivity index (χ0n) is 9.51. The molecule has 0 saturated heterocycles. The van der Waals surface area contributed by atoms with Gasteiger partial charge in [0.25, 0.3) is 0 Å². The fourth-order valence-electron chi connectivity index (χ4n) is 1.42. The normalized spacial score (nSPS) is 14.2. The van der Waals surface area contributed by atoms with Gasteiger partial charge in [0.05, 0.1) is 0 Å². The van der Waals surface area contributed by atoms with E-state index in [2.05, 4.69) is 5.32 Å². The average Bonchev–Trinajstić information content (AvgIpc) is 3.12. The quantitative estimate of drug-likeness (QED) is 0.737. The van der Waals surface area contributed by atoms with Crippen LogP contribution in [0.3, 0.4) is 0 Å². The minimum atomic E-state index is -0.595. The predicted molar refractivity (Wildman–Crippen MR) is 62.7 cm³/mol. The predicted octanol–water partition coefficient (Wildman–Crippen LogP) is 0.634. The molecule has 0 atom stereocenters. The van der Waals surface area contributed by atoms with E-state index in [0.717, 1.165) is 12.8 Å². The molecule has 2 rings (SSSR count). The third-order valence-electron chi connectivity index (χ3n) is 2.65. The van der Waals surface area contributed by atoms with Gasteiger partial charge in [0.1, 0.15) is 5.75 Å². The van der Waals surface area contributed by atoms with Crippen LogP contribution in [0.15, 0.2) is 24.3 Å². The molecule has 0 aliphatic heterocycles. The summed E-state index contributed by atoms with van der Waals surface area (Å²) in [5, 5.41) is 11.8. The number of hydrogen-bond donors (Lipinski definition) is 2. The molecule has 1 aliphatic carbocycles. The van der Waals surface area contributed by atoms with Crippen LogP contribution in [0.5, 0.6) is 5.75 Å². The van der Waals surface area contributed by atoms with Crippen LogP contribution in [0.1, 0.15) is 12.8 Å². The Kier molecular flexibility index (Phi) is 2.99. The number of aromatic hydroxyl groups is 1. The Morgan fingerprint density at radius 1 is 1.29 bits per heavy atom. The van der Waals surface area contributed by atoms with E-state index in [0.29, 0.717) is 5.69 Å². The smallest absolute Gasteiger partial charge is 0.316 e. The van der Waals surface area contributed by atoms with E-state index in [1.807, 2.05) is 0 Å². The third-order valence-corrected chi connectivity index (χ3v) is 2.65. The lowest BCUT2D eigenvalue weighted by atomic mass is 10.3. The summed E-state index contributed by atoms with van der Waals surface area (Å²) in [5.74, 6) is -1.05. The van der Waals surface area contributed by atoms with Crippen molar-refractivity contribution in [2.24, 2.45) is 0 Å². The summed E-state index contributed by atoms with van der Waals surface area (Å²) >= 11 is 0. The topological polar surface area (TPSA) is 69.6 Å². The SMILES string of the molecule is CN(C(=O)C(=O)NC1CC1)c1ccc(O)cc1. The number of anilines is 1. The highest BCUT2D eigenvalue weighted by Gasteiger charge is 2.28. The molecule has 17 heavy (non-hydrogen) atoms. The Labute approximate surface area is 99.0 Å². The van der Waals surface area contributed by atoms with Crippen molar-refractivity contribution >= 4 is 17.5 Å². The average molecular weight is 234 g/mol. The van der Waals surface area contributed by atoms with Crippen molar-refractivity contribution in [1.82, 2.24) is 5.32 Å². The molecular weight excluding hydrogens is 220 g/mol. The fraction of sp³-hybridized carbons (Fsp3) is 0.333. The zero-order valence-corrected chi connectivity index (χ0v) is 9.51. The van der Waals surface area contributed by atoms with Gasteiger partial charge in [0, 0.05) is 18.8 Å². The van der Waals surface area contributed by atoms with Crippen molar-refractivity contribution in [1.29, 1.82) is 0 Å². The summed E-state index contributed by atoms with van der Waals surface area (Å²) in [4.78, 5) is 24.5. The lowest BCUT2D eigenvalue weighted by Crippen LogP contribution is -2.42. The van der Waals surface area contributed by atoms with Crippen molar-refractivity contribution in [3.8, 4) is 5.75 Å². The molecule has 5 nitrogen and oxygen atoms in total. The maximum absolute atomic E-state index is 11.7. The van der Waals surface area contributed by atoms with Crippen molar-refractivity contribution in [2.75, 3.05) is 11.9 Å². The Morgan fingerprint density at radius 3 is 2.41 bits per heavy atom. The maximum Gasteiger partial charge on any atom is 0.316 e. The van der Waals surface area contributed by atoms with Crippen molar-refractivity contribution in [2.45, 2.75) is 18.9 Å². The summed E-state index contributed by atoms with van der Waals surface area (Å²) in [6, 6.07) is 6.27. The van der Waals surface area contributed by atoms with E-state index in [1.165, 1.54) is 24.1 Å². The van der Waals surface area contributed by atoms with E-state index in [9.17, 15) is 9.59 Å². The summed E-state index contributed by atoms with van der Waals surface area (Å²) in [5.41, 5.74) is 0.568. The van der Waals surface area contributed by atoms with Crippen molar-refractivity contribution in [3.63, 3.8) is 0 Å². The van der Waals surface area contributed by atoms with Crippen LogP contribution >= 0.6 is 0 Å². The number of hydrogen-bond acceptors (Lipinski definition) is 3. The number of amides is 2. The van der Waals surface area contributed by atoms with Gasteiger partial charge in [-0.25, -0.2) is 0 Å². The molecule has 0 spiro atoms. The monoisotopic (exact) mass is 234 g/mol. The fourth-order valence-corrected chi connectivity index (χ4v) is 1.42. The Morgan fingerprint density at radius 2 is 1.88 bits per heavy atom. The molecule has 1 aromatic carbocycles. The van der Waals surface area contributed by atoms with Crippen LogP contribution in [0.2, 0.25) is 0 Å². The Bertz CT molecular complexity index is 438. The molecule has 1 saturated carbocycles. The number of benzene rings is 1. The van der Waals surface area contributed by atoms with Gasteiger partial charge in [-0.3, -0.25) is 9.59 Å². The molecule has 0 unspecified atom stereocenters. The number of nitrogens with zero attached hydrogens (tertiary/aromatic N) is 1. The van der Waals surface area contributed by atoms with Crippen molar-refractivity contribution in [3.05, 3.63) is 24.3 Å². The first-order valence-electron chi connectivity index (χ1n) is 5.45. The lowest BCUT2D eigenvalue weighted by Gasteiger charge is -2.16. The third kappa shape index (κ3) is 2.75. The van der Waals surface area contributed by atoms with Gasteiger partial charge in [0.15, 0.2) is 0 Å². The standard InChI is InChI=1S/C12H14N2O3/c1-14(9-4-6-10(15)7-5-9)12(17)11(16)13-8-2-3-8/h4-8,15H,2-3H2,1H3,(H,13,16). The van der Waals surface area contributed by atoms with Gasteiger partial charge < -0.3 is 15.3 Å². The first-order valence-corrected chi connectivity index (χ1v) is 5.45. The van der Waals surface area contributed by atoms with Crippen LogP contribution in [0, 0.1) is 0 Å². The van der Waals surface area contributed by atoms with Gasteiger partial charge in [-0.05, 0) is 37.1 Å². The summed E-state index contributed by atoms with van der Waals surface area (Å²) in [6.45, 7) is 0. The molecule has 1 aliphatic rings. The van der Waals surface area contributed by atoms with Gasteiger partial charge in [-0.15, -0.1) is 0 Å². The van der Waals surface area contributed by atoms with Crippen LogP contribution in [-0.4, -0.2) is 30.0 Å². The summed E-state index contributed by atoms with van der Waals surface area (Å²) in [6.07, 6.45) is 1.89. The van der Waals surface area contributed by atoms with E-state index in [-0.39, 0.29) is 11.8 Å². The molecule has 2 N–H and O–H groups in total. The second kappa shape index (κ2) is 4.45. The molecule has 0 aromatic heterocycles. The van der Waals surface area contributed by atoms with E-state index < -0.39 is 11.8 Å². The Balaban J connectivity index is 2.02. The Hall–Kier alpha value is -2.04. The van der Waals surface area contributed by atoms with Crippen LogP contribution < -0.4 is 10.2 Å². The minimum absolute atomic E-state index is 0.122. The van der Waals surface area contributed by atoms with Gasteiger partial charge >= 0.3 is 11.8 Å². The number of carbonyl (C=O) groups is 2. The molecule has 0 heterocycles. The molecule has 90 valence electrons. The molecule has 1 fully saturated rings. The van der Waals surface area contributed by atoms with Gasteiger partial charge in [0.2, 0.25) is 0 Å². The lowest BCUT2D eigenvalue weighted by molar-refractivity contribution is -0.137. The molecule has 1 aromatic rings. The minimum Gasteiger partial charge on any atom is -0.508 e. The number of nitrogens with one attached hydrogen (secondary N) is 1. The van der Waals surface area contributed by atoms with E-state index >= 15 is 0 Å². The van der Waals surface area contributed by atoms with Crippen molar-refractivity contribution < 1.29 is 14.7 Å². The highest BCUT2D eigenvalue weighted by molar-refractivity contribution is 6.40. The molecule has 0 bridgehead atoms. The van der Waals surface area contributed by atoms with E-state index in [1.54, 1.807) is 12.1 Å². The molecule has 0 radical (unpaired) electrons. The molecular formula is C12H14N2O3. The largest absolute Gasteiger partial charge is 0.508 e. The number of phenolic OH excluding ortho intramolecular Hbond substituents is 1. The number of likely N-dealkylation sites (N-methyl/N-ethyl adjacent to an activating group) is 1. The van der Waals surface area contributed by atoms with Crippen LogP contribution in [-0.2, 0) is 9.59 Å². The van der Waals surface area contributed by atoms with E-state index in [4.69, 9.17) is 5.11 Å². The second-order valence-corrected chi connectivity index (χ2v) is 4.13. The van der Waals surface area contributed by atoms with Crippen LogP contribution in [0.25, 0.3) is 0 Å². The summed E-state index contributed by atoms with van der Waals surface area (Å²) in [7, 11) is 1.53. The highest BCUT2D eigenvalue weighted by Crippen LogP contribution is 2.20. The van der Waals surface area contributed by atoms with Crippen LogP contribution in [0.4, 0.5) is 5.69 Å².